The van der Waals surface area contributed by atoms with E-state index >= 15 is 0 Å². The van der Waals surface area contributed by atoms with Crippen LogP contribution in [0.1, 0.15) is 18.4 Å². The fourth-order valence-corrected chi connectivity index (χ4v) is 3.68. The van der Waals surface area contributed by atoms with Gasteiger partial charge in [0.25, 0.3) is 0 Å². The standard InChI is InChI=1S/C19H21ClN6O2/c1-28-14-6-2-4-12(8-14)9-21-18(27)13-5-3-7-26(10-13)17-15-16(23-11-22-15)24-19(20)25-17/h2,4,6,8,11,13H,3,5,7,9-10H2,1H3,(H,21,27)(H,22,23,24,25). The van der Waals surface area contributed by atoms with E-state index in [9.17, 15) is 4.79 Å². The van der Waals surface area contributed by atoms with E-state index in [2.05, 4.69) is 30.2 Å². The molecule has 1 fully saturated rings. The molecule has 0 aliphatic carbocycles. The van der Waals surface area contributed by atoms with Gasteiger partial charge in [0, 0.05) is 19.6 Å². The molecule has 1 amide bonds. The number of hydrogen-bond donors (Lipinski definition) is 2. The Kier molecular flexibility index (Phi) is 5.29. The summed E-state index contributed by atoms with van der Waals surface area (Å²) in [5.74, 6) is 1.39. The molecule has 0 radical (unpaired) electrons. The molecule has 1 aliphatic heterocycles. The van der Waals surface area contributed by atoms with E-state index in [1.807, 2.05) is 24.3 Å². The Morgan fingerprint density at radius 3 is 3.18 bits per heavy atom. The highest BCUT2D eigenvalue weighted by Crippen LogP contribution is 2.27. The first-order chi connectivity index (χ1) is 13.6. The molecule has 1 saturated heterocycles. The van der Waals surface area contributed by atoms with Crippen LogP contribution in [-0.4, -0.2) is 46.0 Å². The second-order valence-electron chi connectivity index (χ2n) is 6.77. The van der Waals surface area contributed by atoms with Crippen LogP contribution in [0.25, 0.3) is 11.2 Å². The van der Waals surface area contributed by atoms with Crippen molar-refractivity contribution in [3.63, 3.8) is 0 Å². The first-order valence-corrected chi connectivity index (χ1v) is 9.54. The minimum Gasteiger partial charge on any atom is -0.497 e. The van der Waals surface area contributed by atoms with Gasteiger partial charge >= 0.3 is 0 Å². The molecular weight excluding hydrogens is 380 g/mol. The lowest BCUT2D eigenvalue weighted by molar-refractivity contribution is -0.125. The van der Waals surface area contributed by atoms with Gasteiger partial charge in [-0.2, -0.15) is 9.97 Å². The number of nitrogens with one attached hydrogen (secondary N) is 2. The second kappa shape index (κ2) is 8.02. The van der Waals surface area contributed by atoms with Gasteiger partial charge in [-0.05, 0) is 42.1 Å². The van der Waals surface area contributed by atoms with E-state index in [1.54, 1.807) is 13.4 Å². The molecule has 1 atom stereocenters. The van der Waals surface area contributed by atoms with Crippen molar-refractivity contribution in [3.8, 4) is 5.75 Å². The van der Waals surface area contributed by atoms with Gasteiger partial charge in [-0.1, -0.05) is 12.1 Å². The smallest absolute Gasteiger partial charge is 0.226 e. The Morgan fingerprint density at radius 1 is 1.43 bits per heavy atom. The number of carbonyl (C=O) groups is 1. The lowest BCUT2D eigenvalue weighted by Crippen LogP contribution is -2.43. The number of piperidine rings is 1. The Labute approximate surface area is 167 Å². The van der Waals surface area contributed by atoms with Gasteiger partial charge in [-0.3, -0.25) is 4.79 Å². The number of halogens is 1. The molecule has 1 unspecified atom stereocenters. The summed E-state index contributed by atoms with van der Waals surface area (Å²) in [6, 6.07) is 7.68. The molecule has 8 nitrogen and oxygen atoms in total. The maximum Gasteiger partial charge on any atom is 0.226 e. The Hall–Kier alpha value is -2.87. The number of aromatic nitrogens is 4. The molecule has 0 spiro atoms. The van der Waals surface area contributed by atoms with Gasteiger partial charge in [0.1, 0.15) is 11.3 Å². The zero-order chi connectivity index (χ0) is 19.5. The summed E-state index contributed by atoms with van der Waals surface area (Å²) in [7, 11) is 1.63. The number of fused-ring (bicyclic) bond motifs is 1. The third-order valence-corrected chi connectivity index (χ3v) is 5.10. The van der Waals surface area contributed by atoms with E-state index in [-0.39, 0.29) is 17.1 Å². The summed E-state index contributed by atoms with van der Waals surface area (Å²) < 4.78 is 5.23. The van der Waals surface area contributed by atoms with E-state index in [0.717, 1.165) is 36.2 Å². The van der Waals surface area contributed by atoms with Gasteiger partial charge in [-0.15, -0.1) is 0 Å². The summed E-state index contributed by atoms with van der Waals surface area (Å²) in [5, 5.41) is 3.19. The Balaban J connectivity index is 1.44. The van der Waals surface area contributed by atoms with Crippen molar-refractivity contribution < 1.29 is 9.53 Å². The molecule has 0 bridgehead atoms. The number of nitrogens with zero attached hydrogens (tertiary/aromatic N) is 4. The van der Waals surface area contributed by atoms with Crippen molar-refractivity contribution in [2.45, 2.75) is 19.4 Å². The SMILES string of the molecule is COc1cccc(CNC(=O)C2CCCN(c3nc(Cl)nc4nc[nH]c34)C2)c1. The molecule has 1 aliphatic rings. The quantitative estimate of drug-likeness (QED) is 0.639. The number of methoxy groups -OCH3 is 1. The Morgan fingerprint density at radius 2 is 2.32 bits per heavy atom. The second-order valence-corrected chi connectivity index (χ2v) is 7.11. The highest BCUT2D eigenvalue weighted by atomic mass is 35.5. The molecule has 4 rings (SSSR count). The van der Waals surface area contributed by atoms with E-state index in [0.29, 0.717) is 24.6 Å². The van der Waals surface area contributed by atoms with Crippen LogP contribution in [0.15, 0.2) is 30.6 Å². The molecule has 146 valence electrons. The summed E-state index contributed by atoms with van der Waals surface area (Å²) in [6.45, 7) is 1.85. The van der Waals surface area contributed by atoms with Gasteiger partial charge in [0.05, 0.1) is 19.4 Å². The number of H-pyrrole nitrogens is 1. The molecule has 3 heterocycles. The van der Waals surface area contributed by atoms with Crippen LogP contribution in [0.4, 0.5) is 5.82 Å². The van der Waals surface area contributed by atoms with Gasteiger partial charge < -0.3 is 19.9 Å². The summed E-state index contributed by atoms with van der Waals surface area (Å²) in [5.41, 5.74) is 2.27. The van der Waals surface area contributed by atoms with Gasteiger partial charge in [0.2, 0.25) is 11.2 Å². The van der Waals surface area contributed by atoms with E-state index in [1.165, 1.54) is 0 Å². The van der Waals surface area contributed by atoms with Crippen LogP contribution in [0.2, 0.25) is 5.28 Å². The predicted octanol–water partition coefficient (Wildman–Crippen LogP) is 2.55. The Bertz CT molecular complexity index is 991. The first kappa shape index (κ1) is 18.5. The van der Waals surface area contributed by atoms with Crippen LogP contribution in [0, 0.1) is 5.92 Å². The minimum atomic E-state index is -0.119. The third-order valence-electron chi connectivity index (χ3n) is 4.93. The zero-order valence-corrected chi connectivity index (χ0v) is 16.2. The van der Waals surface area contributed by atoms with Crippen molar-refractivity contribution >= 4 is 34.5 Å². The average Bonchev–Trinajstić information content (AvgIpc) is 3.20. The van der Waals surface area contributed by atoms with Crippen LogP contribution < -0.4 is 15.0 Å². The maximum absolute atomic E-state index is 12.7. The van der Waals surface area contributed by atoms with E-state index < -0.39 is 0 Å². The van der Waals surface area contributed by atoms with Crippen LogP contribution >= 0.6 is 11.6 Å². The van der Waals surface area contributed by atoms with Crippen LogP contribution in [-0.2, 0) is 11.3 Å². The molecule has 2 N–H and O–H groups in total. The number of rotatable bonds is 5. The summed E-state index contributed by atoms with van der Waals surface area (Å²) in [4.78, 5) is 30.5. The fourth-order valence-electron chi connectivity index (χ4n) is 3.52. The molecule has 28 heavy (non-hydrogen) atoms. The highest BCUT2D eigenvalue weighted by Gasteiger charge is 2.28. The number of amides is 1. The molecule has 0 saturated carbocycles. The zero-order valence-electron chi connectivity index (χ0n) is 15.5. The number of aromatic amines is 1. The van der Waals surface area contributed by atoms with Crippen molar-refractivity contribution in [1.29, 1.82) is 0 Å². The summed E-state index contributed by atoms with van der Waals surface area (Å²) >= 11 is 6.05. The maximum atomic E-state index is 12.7. The number of anilines is 1. The highest BCUT2D eigenvalue weighted by molar-refractivity contribution is 6.28. The van der Waals surface area contributed by atoms with Crippen LogP contribution in [0.5, 0.6) is 5.75 Å². The van der Waals surface area contributed by atoms with Crippen molar-refractivity contribution in [3.05, 3.63) is 41.4 Å². The van der Waals surface area contributed by atoms with Gasteiger partial charge in [0.15, 0.2) is 11.5 Å². The number of hydrogen-bond acceptors (Lipinski definition) is 6. The third kappa shape index (κ3) is 3.87. The van der Waals surface area contributed by atoms with Crippen molar-refractivity contribution in [1.82, 2.24) is 25.3 Å². The lowest BCUT2D eigenvalue weighted by Gasteiger charge is -2.33. The number of ether oxygens (including phenoxy) is 1. The molecule has 1 aromatic carbocycles. The first-order valence-electron chi connectivity index (χ1n) is 9.16. The monoisotopic (exact) mass is 400 g/mol. The molecular formula is C19H21ClN6O2. The molecule has 2 aromatic heterocycles. The molecule has 3 aromatic rings. The van der Waals surface area contributed by atoms with Crippen molar-refractivity contribution in [2.75, 3.05) is 25.1 Å². The predicted molar refractivity (Wildman–Crippen MR) is 106 cm³/mol. The van der Waals surface area contributed by atoms with Crippen molar-refractivity contribution in [2.24, 2.45) is 5.92 Å². The lowest BCUT2D eigenvalue weighted by atomic mass is 9.97. The van der Waals surface area contributed by atoms with E-state index in [4.69, 9.17) is 16.3 Å². The minimum absolute atomic E-state index is 0.0357. The topological polar surface area (TPSA) is 96.0 Å². The largest absolute Gasteiger partial charge is 0.497 e. The average molecular weight is 401 g/mol. The fraction of sp³-hybridized carbons (Fsp3) is 0.368. The molecule has 9 heteroatoms. The number of imidazole rings is 1. The normalized spacial score (nSPS) is 16.9. The van der Waals surface area contributed by atoms with Crippen LogP contribution in [0.3, 0.4) is 0 Å². The number of carbonyl (C=O) groups excluding carboxylic acids is 1. The summed E-state index contributed by atoms with van der Waals surface area (Å²) in [6.07, 6.45) is 3.31. The van der Waals surface area contributed by atoms with Gasteiger partial charge in [-0.25, -0.2) is 4.98 Å². The number of benzene rings is 1.